The quantitative estimate of drug-likeness (QED) is 0.510. The molecule has 1 unspecified atom stereocenters. The van der Waals surface area contributed by atoms with Gasteiger partial charge in [-0.25, -0.2) is 4.79 Å². The SMILES string of the molecule is C/C=C\C=C(\C(=O)O)C(C)C(=O)O. The molecule has 0 spiro atoms. The molecule has 0 aromatic rings. The number of allylic oxidation sites excluding steroid dienone is 3. The number of hydrogen-bond donors (Lipinski definition) is 2. The Morgan fingerprint density at radius 1 is 1.31 bits per heavy atom. The summed E-state index contributed by atoms with van der Waals surface area (Å²) in [5.41, 5.74) is -0.120. The minimum atomic E-state index is -1.20. The van der Waals surface area contributed by atoms with Gasteiger partial charge in [0.1, 0.15) is 0 Å². The Hall–Kier alpha value is -1.58. The number of carboxylic acids is 2. The molecule has 0 aliphatic heterocycles. The van der Waals surface area contributed by atoms with Crippen LogP contribution in [-0.2, 0) is 9.59 Å². The predicted molar refractivity (Wildman–Crippen MR) is 47.3 cm³/mol. The summed E-state index contributed by atoms with van der Waals surface area (Å²) in [4.78, 5) is 21.1. The molecule has 13 heavy (non-hydrogen) atoms. The first-order valence-corrected chi connectivity index (χ1v) is 3.79. The fourth-order valence-electron chi connectivity index (χ4n) is 0.734. The molecule has 0 saturated carbocycles. The van der Waals surface area contributed by atoms with Crippen molar-refractivity contribution in [2.75, 3.05) is 0 Å². The lowest BCUT2D eigenvalue weighted by Gasteiger charge is -2.05. The van der Waals surface area contributed by atoms with E-state index >= 15 is 0 Å². The number of hydrogen-bond acceptors (Lipinski definition) is 2. The molecule has 4 nitrogen and oxygen atoms in total. The van der Waals surface area contributed by atoms with Crippen molar-refractivity contribution in [1.82, 2.24) is 0 Å². The van der Waals surface area contributed by atoms with Gasteiger partial charge in [-0.05, 0) is 13.8 Å². The van der Waals surface area contributed by atoms with Gasteiger partial charge in [0.05, 0.1) is 11.5 Å². The lowest BCUT2D eigenvalue weighted by atomic mass is 10.0. The molecule has 0 aromatic carbocycles. The third-order valence-corrected chi connectivity index (χ3v) is 1.55. The second-order valence-electron chi connectivity index (χ2n) is 2.51. The molecule has 2 N–H and O–H groups in total. The van der Waals surface area contributed by atoms with Gasteiger partial charge in [-0.1, -0.05) is 18.2 Å². The lowest BCUT2D eigenvalue weighted by Crippen LogP contribution is -2.18. The summed E-state index contributed by atoms with van der Waals surface area (Å²) < 4.78 is 0. The monoisotopic (exact) mass is 184 g/mol. The highest BCUT2D eigenvalue weighted by molar-refractivity contribution is 5.93. The molecule has 0 bridgehead atoms. The molecule has 0 amide bonds. The average molecular weight is 184 g/mol. The topological polar surface area (TPSA) is 74.6 Å². The van der Waals surface area contributed by atoms with E-state index < -0.39 is 17.9 Å². The van der Waals surface area contributed by atoms with Gasteiger partial charge in [-0.15, -0.1) is 0 Å². The summed E-state index contributed by atoms with van der Waals surface area (Å²) in [5, 5.41) is 17.2. The van der Waals surface area contributed by atoms with E-state index in [4.69, 9.17) is 10.2 Å². The Morgan fingerprint density at radius 2 is 1.85 bits per heavy atom. The van der Waals surface area contributed by atoms with Crippen LogP contribution in [0.1, 0.15) is 13.8 Å². The third-order valence-electron chi connectivity index (χ3n) is 1.55. The van der Waals surface area contributed by atoms with Gasteiger partial charge in [-0.3, -0.25) is 4.79 Å². The molecule has 0 heterocycles. The number of aliphatic carboxylic acids is 2. The highest BCUT2D eigenvalue weighted by atomic mass is 16.4. The average Bonchev–Trinajstić information content (AvgIpc) is 2.04. The molecular weight excluding hydrogens is 172 g/mol. The van der Waals surface area contributed by atoms with Gasteiger partial charge < -0.3 is 10.2 Å². The van der Waals surface area contributed by atoms with E-state index in [0.717, 1.165) is 0 Å². The summed E-state index contributed by atoms with van der Waals surface area (Å²) in [6, 6.07) is 0. The van der Waals surface area contributed by atoms with Crippen LogP contribution in [0.15, 0.2) is 23.8 Å². The maximum Gasteiger partial charge on any atom is 0.332 e. The van der Waals surface area contributed by atoms with Crippen molar-refractivity contribution in [3.8, 4) is 0 Å². The lowest BCUT2D eigenvalue weighted by molar-refractivity contribution is -0.143. The zero-order chi connectivity index (χ0) is 10.4. The Balaban J connectivity index is 4.81. The van der Waals surface area contributed by atoms with Crippen molar-refractivity contribution in [2.45, 2.75) is 13.8 Å². The second-order valence-corrected chi connectivity index (χ2v) is 2.51. The van der Waals surface area contributed by atoms with Gasteiger partial charge in [0.2, 0.25) is 0 Å². The van der Waals surface area contributed by atoms with Crippen molar-refractivity contribution in [1.29, 1.82) is 0 Å². The Bertz CT molecular complexity index is 263. The first-order valence-electron chi connectivity index (χ1n) is 3.79. The Morgan fingerprint density at radius 3 is 2.15 bits per heavy atom. The fourth-order valence-corrected chi connectivity index (χ4v) is 0.734. The largest absolute Gasteiger partial charge is 0.481 e. The van der Waals surface area contributed by atoms with Gasteiger partial charge in [0.15, 0.2) is 0 Å². The van der Waals surface area contributed by atoms with Crippen LogP contribution >= 0.6 is 0 Å². The van der Waals surface area contributed by atoms with Gasteiger partial charge in [-0.2, -0.15) is 0 Å². The van der Waals surface area contributed by atoms with Gasteiger partial charge >= 0.3 is 11.9 Å². The molecule has 0 radical (unpaired) electrons. The van der Waals surface area contributed by atoms with Crippen molar-refractivity contribution in [3.05, 3.63) is 23.8 Å². The van der Waals surface area contributed by atoms with Crippen LogP contribution in [0.3, 0.4) is 0 Å². The van der Waals surface area contributed by atoms with Crippen molar-refractivity contribution < 1.29 is 19.8 Å². The van der Waals surface area contributed by atoms with E-state index in [0.29, 0.717) is 0 Å². The minimum Gasteiger partial charge on any atom is -0.481 e. The van der Waals surface area contributed by atoms with Crippen LogP contribution < -0.4 is 0 Å². The third kappa shape index (κ3) is 3.55. The number of carbonyl (C=O) groups is 2. The zero-order valence-corrected chi connectivity index (χ0v) is 7.52. The molecule has 0 aromatic heterocycles. The highest BCUT2D eigenvalue weighted by Gasteiger charge is 2.21. The molecule has 0 aliphatic rings. The molecule has 4 heteroatoms. The molecule has 0 aliphatic carbocycles. The van der Waals surface area contributed by atoms with Crippen LogP contribution in [0.5, 0.6) is 0 Å². The van der Waals surface area contributed by atoms with Crippen LogP contribution in [0, 0.1) is 5.92 Å². The number of rotatable bonds is 4. The van der Waals surface area contributed by atoms with E-state index in [1.165, 1.54) is 19.1 Å². The van der Waals surface area contributed by atoms with Gasteiger partial charge in [0, 0.05) is 0 Å². The molecule has 72 valence electrons. The summed E-state index contributed by atoms with van der Waals surface area (Å²) in [6.45, 7) is 3.06. The maximum atomic E-state index is 10.6. The van der Waals surface area contributed by atoms with E-state index in [2.05, 4.69) is 0 Å². The second kappa shape index (κ2) is 5.13. The standard InChI is InChI=1S/C9H12O4/c1-3-4-5-7(9(12)13)6(2)8(10)11/h3-6H,1-2H3,(H,10,11)(H,12,13)/b4-3-,7-5+. The van der Waals surface area contributed by atoms with E-state index in [1.807, 2.05) is 0 Å². The first-order chi connectivity index (χ1) is 6.00. The normalized spacial score (nSPS) is 14.5. The predicted octanol–water partition coefficient (Wildman–Crippen LogP) is 1.29. The van der Waals surface area contributed by atoms with Crippen LogP contribution in [-0.4, -0.2) is 22.2 Å². The first kappa shape index (κ1) is 11.4. The zero-order valence-electron chi connectivity index (χ0n) is 7.52. The summed E-state index contributed by atoms with van der Waals surface area (Å²) in [7, 11) is 0. The maximum absolute atomic E-state index is 10.6. The summed E-state index contributed by atoms with van der Waals surface area (Å²) in [6.07, 6.45) is 4.43. The highest BCUT2D eigenvalue weighted by Crippen LogP contribution is 2.10. The molecule has 1 atom stereocenters. The van der Waals surface area contributed by atoms with Crippen LogP contribution in [0.2, 0.25) is 0 Å². The summed E-state index contributed by atoms with van der Waals surface area (Å²) >= 11 is 0. The summed E-state index contributed by atoms with van der Waals surface area (Å²) in [5.74, 6) is -3.33. The molecule has 0 rings (SSSR count). The van der Waals surface area contributed by atoms with E-state index in [1.54, 1.807) is 13.0 Å². The smallest absolute Gasteiger partial charge is 0.332 e. The van der Waals surface area contributed by atoms with Crippen LogP contribution in [0.25, 0.3) is 0 Å². The fraction of sp³-hybridized carbons (Fsp3) is 0.333. The minimum absolute atomic E-state index is 0.120. The molecule has 0 fully saturated rings. The van der Waals surface area contributed by atoms with Crippen molar-refractivity contribution in [2.24, 2.45) is 5.92 Å². The molecule has 0 saturated heterocycles. The van der Waals surface area contributed by atoms with E-state index in [9.17, 15) is 9.59 Å². The van der Waals surface area contributed by atoms with Crippen molar-refractivity contribution >= 4 is 11.9 Å². The van der Waals surface area contributed by atoms with Crippen LogP contribution in [0.4, 0.5) is 0 Å². The van der Waals surface area contributed by atoms with Gasteiger partial charge in [0.25, 0.3) is 0 Å². The molecular formula is C9H12O4. The Kier molecular flexibility index (Phi) is 4.51. The number of carboxylic acid groups (broad SMARTS) is 2. The van der Waals surface area contributed by atoms with E-state index in [-0.39, 0.29) is 5.57 Å². The van der Waals surface area contributed by atoms with Crippen molar-refractivity contribution in [3.63, 3.8) is 0 Å². The Labute approximate surface area is 76.2 Å².